The number of hydrogen-bond donors (Lipinski definition) is 2. The van der Waals surface area contributed by atoms with Crippen LogP contribution < -0.4 is 10.6 Å². The number of anilines is 2. The van der Waals surface area contributed by atoms with Gasteiger partial charge >= 0.3 is 5.97 Å². The fourth-order valence-electron chi connectivity index (χ4n) is 3.35. The maximum absolute atomic E-state index is 11.9. The molecule has 0 amide bonds. The first-order valence-electron chi connectivity index (χ1n) is 8.72. The Morgan fingerprint density at radius 1 is 1.42 bits per heavy atom. The standard InChI is InChI=1S/C19H30N2O3/c1-13-16(22)9-8-15(20)18(13)21-11-5-6-14(12-21)7-10-17(23)24-19(2,3)4/h8-9,14,22H,5-7,10-12,20H2,1-4H3/t14-/m0/s1. The molecule has 1 atom stereocenters. The molecule has 2 rings (SSSR count). The van der Waals surface area contributed by atoms with Crippen molar-refractivity contribution in [2.24, 2.45) is 5.92 Å². The van der Waals surface area contributed by atoms with Crippen molar-refractivity contribution in [2.45, 2.75) is 59.0 Å². The summed E-state index contributed by atoms with van der Waals surface area (Å²) in [5.74, 6) is 0.579. The lowest BCUT2D eigenvalue weighted by atomic mass is 9.92. The number of phenolic OH excluding ortho intramolecular Hbond substituents is 1. The van der Waals surface area contributed by atoms with Crippen LogP contribution in [0.2, 0.25) is 0 Å². The van der Waals surface area contributed by atoms with Gasteiger partial charge in [-0.1, -0.05) is 0 Å². The molecule has 0 saturated carbocycles. The average molecular weight is 334 g/mol. The summed E-state index contributed by atoms with van der Waals surface area (Å²) in [4.78, 5) is 14.2. The first kappa shape index (κ1) is 18.4. The second-order valence-electron chi connectivity index (χ2n) is 7.73. The van der Waals surface area contributed by atoms with E-state index in [-0.39, 0.29) is 11.7 Å². The van der Waals surface area contributed by atoms with Crippen LogP contribution >= 0.6 is 0 Å². The normalized spacial score (nSPS) is 18.5. The third-order valence-electron chi connectivity index (χ3n) is 4.45. The lowest BCUT2D eigenvalue weighted by molar-refractivity contribution is -0.155. The van der Waals surface area contributed by atoms with Crippen molar-refractivity contribution in [3.8, 4) is 5.75 Å². The quantitative estimate of drug-likeness (QED) is 0.500. The molecule has 0 aliphatic carbocycles. The second-order valence-corrected chi connectivity index (χ2v) is 7.73. The van der Waals surface area contributed by atoms with E-state index < -0.39 is 5.60 Å². The van der Waals surface area contributed by atoms with Crippen molar-refractivity contribution in [1.82, 2.24) is 0 Å². The number of carbonyl (C=O) groups is 1. The summed E-state index contributed by atoms with van der Waals surface area (Å²) in [5.41, 5.74) is 8.15. The third kappa shape index (κ3) is 4.79. The maximum atomic E-state index is 11.9. The number of ether oxygens (including phenoxy) is 1. The highest BCUT2D eigenvalue weighted by Crippen LogP contribution is 2.36. The average Bonchev–Trinajstić information content (AvgIpc) is 2.48. The Balaban J connectivity index is 1.98. The Hall–Kier alpha value is -1.91. The van der Waals surface area contributed by atoms with E-state index in [2.05, 4.69) is 4.90 Å². The monoisotopic (exact) mass is 334 g/mol. The Bertz CT molecular complexity index is 593. The molecule has 1 aromatic rings. The molecule has 5 nitrogen and oxygen atoms in total. The summed E-state index contributed by atoms with van der Waals surface area (Å²) in [5, 5.41) is 9.96. The van der Waals surface area contributed by atoms with Crippen LogP contribution in [0.1, 0.15) is 52.0 Å². The predicted octanol–water partition coefficient (Wildman–Crippen LogP) is 3.62. The molecule has 1 fully saturated rings. The minimum absolute atomic E-state index is 0.132. The van der Waals surface area contributed by atoms with Gasteiger partial charge in [-0.3, -0.25) is 4.79 Å². The van der Waals surface area contributed by atoms with Gasteiger partial charge in [0, 0.05) is 25.1 Å². The van der Waals surface area contributed by atoms with Gasteiger partial charge in [-0.2, -0.15) is 0 Å². The fourth-order valence-corrected chi connectivity index (χ4v) is 3.35. The molecule has 0 bridgehead atoms. The Kier molecular flexibility index (Phi) is 5.62. The lowest BCUT2D eigenvalue weighted by Gasteiger charge is -2.36. The van der Waals surface area contributed by atoms with Crippen LogP contribution in [0.3, 0.4) is 0 Å². The smallest absolute Gasteiger partial charge is 0.306 e. The number of piperidine rings is 1. The lowest BCUT2D eigenvalue weighted by Crippen LogP contribution is -2.36. The number of rotatable bonds is 4. The number of phenols is 1. The topological polar surface area (TPSA) is 75.8 Å². The van der Waals surface area contributed by atoms with Crippen molar-refractivity contribution >= 4 is 17.3 Å². The molecule has 1 aromatic carbocycles. The van der Waals surface area contributed by atoms with E-state index >= 15 is 0 Å². The molecule has 0 unspecified atom stereocenters. The van der Waals surface area contributed by atoms with Crippen LogP contribution in [0, 0.1) is 12.8 Å². The van der Waals surface area contributed by atoms with Crippen LogP contribution in [0.15, 0.2) is 12.1 Å². The van der Waals surface area contributed by atoms with E-state index in [1.807, 2.05) is 27.7 Å². The largest absolute Gasteiger partial charge is 0.508 e. The Morgan fingerprint density at radius 3 is 2.79 bits per heavy atom. The highest BCUT2D eigenvalue weighted by Gasteiger charge is 2.25. The number of aromatic hydroxyl groups is 1. The van der Waals surface area contributed by atoms with E-state index in [0.717, 1.165) is 43.6 Å². The zero-order valence-electron chi connectivity index (χ0n) is 15.3. The number of benzene rings is 1. The van der Waals surface area contributed by atoms with Gasteiger partial charge in [0.25, 0.3) is 0 Å². The number of nitrogen functional groups attached to an aromatic ring is 1. The number of hydrogen-bond acceptors (Lipinski definition) is 5. The minimum Gasteiger partial charge on any atom is -0.508 e. The zero-order chi connectivity index (χ0) is 17.9. The fraction of sp³-hybridized carbons (Fsp3) is 0.632. The molecule has 1 heterocycles. The number of esters is 1. The van der Waals surface area contributed by atoms with Gasteiger partial charge in [0.15, 0.2) is 0 Å². The molecule has 1 saturated heterocycles. The molecule has 1 aliphatic heterocycles. The number of nitrogens with zero attached hydrogens (tertiary/aromatic N) is 1. The van der Waals surface area contributed by atoms with Gasteiger partial charge < -0.3 is 20.5 Å². The molecular formula is C19H30N2O3. The highest BCUT2D eigenvalue weighted by molar-refractivity contribution is 5.74. The summed E-state index contributed by atoms with van der Waals surface area (Å²) in [6.45, 7) is 9.35. The maximum Gasteiger partial charge on any atom is 0.306 e. The first-order valence-corrected chi connectivity index (χ1v) is 8.72. The van der Waals surface area contributed by atoms with Gasteiger partial charge in [0.05, 0.1) is 11.4 Å². The SMILES string of the molecule is Cc1c(O)ccc(N)c1N1CCC[C@@H](CCC(=O)OC(C)(C)C)C1. The van der Waals surface area contributed by atoms with E-state index in [1.54, 1.807) is 12.1 Å². The summed E-state index contributed by atoms with van der Waals surface area (Å²) >= 11 is 0. The van der Waals surface area contributed by atoms with Gasteiger partial charge in [0.2, 0.25) is 0 Å². The zero-order valence-corrected chi connectivity index (χ0v) is 15.3. The predicted molar refractivity (Wildman–Crippen MR) is 97.3 cm³/mol. The van der Waals surface area contributed by atoms with Crippen molar-refractivity contribution in [3.63, 3.8) is 0 Å². The van der Waals surface area contributed by atoms with Crippen LogP contribution in [0.25, 0.3) is 0 Å². The first-order chi connectivity index (χ1) is 11.2. The van der Waals surface area contributed by atoms with E-state index in [4.69, 9.17) is 10.5 Å². The minimum atomic E-state index is -0.428. The van der Waals surface area contributed by atoms with Gasteiger partial charge in [-0.15, -0.1) is 0 Å². The second kappa shape index (κ2) is 7.32. The summed E-state index contributed by atoms with van der Waals surface area (Å²) in [6.07, 6.45) is 3.44. The molecule has 0 spiro atoms. The van der Waals surface area contributed by atoms with Crippen LogP contribution in [0.5, 0.6) is 5.75 Å². The molecule has 0 radical (unpaired) electrons. The third-order valence-corrected chi connectivity index (χ3v) is 4.45. The van der Waals surface area contributed by atoms with E-state index in [1.165, 1.54) is 0 Å². The molecule has 24 heavy (non-hydrogen) atoms. The van der Waals surface area contributed by atoms with Crippen molar-refractivity contribution < 1.29 is 14.6 Å². The Morgan fingerprint density at radius 2 is 2.12 bits per heavy atom. The van der Waals surface area contributed by atoms with E-state index in [0.29, 0.717) is 18.0 Å². The van der Waals surface area contributed by atoms with Gasteiger partial charge in [-0.05, 0) is 65.0 Å². The number of nitrogens with two attached hydrogens (primary N) is 1. The highest BCUT2D eigenvalue weighted by atomic mass is 16.6. The van der Waals surface area contributed by atoms with E-state index in [9.17, 15) is 9.90 Å². The number of carbonyl (C=O) groups excluding carboxylic acids is 1. The molecule has 3 N–H and O–H groups in total. The van der Waals surface area contributed by atoms with Gasteiger partial charge in [0.1, 0.15) is 11.4 Å². The molecule has 134 valence electrons. The van der Waals surface area contributed by atoms with Crippen LogP contribution in [-0.4, -0.2) is 29.8 Å². The summed E-state index contributed by atoms with van der Waals surface area (Å²) in [7, 11) is 0. The molecule has 1 aliphatic rings. The molecule has 0 aromatic heterocycles. The van der Waals surface area contributed by atoms with Crippen LogP contribution in [-0.2, 0) is 9.53 Å². The summed E-state index contributed by atoms with van der Waals surface area (Å²) < 4.78 is 5.39. The summed E-state index contributed by atoms with van der Waals surface area (Å²) in [6, 6.07) is 3.39. The van der Waals surface area contributed by atoms with Crippen molar-refractivity contribution in [2.75, 3.05) is 23.7 Å². The van der Waals surface area contributed by atoms with Crippen LogP contribution in [0.4, 0.5) is 11.4 Å². The molecular weight excluding hydrogens is 304 g/mol. The van der Waals surface area contributed by atoms with Crippen molar-refractivity contribution in [1.29, 1.82) is 0 Å². The Labute approximate surface area is 144 Å². The molecule has 5 heteroatoms. The van der Waals surface area contributed by atoms with Crippen molar-refractivity contribution in [3.05, 3.63) is 17.7 Å². The van der Waals surface area contributed by atoms with Gasteiger partial charge in [-0.25, -0.2) is 0 Å².